The fourth-order valence-corrected chi connectivity index (χ4v) is 8.26. The van der Waals surface area contributed by atoms with Gasteiger partial charge in [-0.25, -0.2) is 14.8 Å². The number of carbonyl (C=O) groups excluding carboxylic acids is 6. The van der Waals surface area contributed by atoms with Crippen LogP contribution in [-0.4, -0.2) is 99.9 Å². The lowest BCUT2D eigenvalue weighted by Gasteiger charge is -2.31. The van der Waals surface area contributed by atoms with Crippen LogP contribution in [0.2, 0.25) is 0 Å². The van der Waals surface area contributed by atoms with Gasteiger partial charge >= 0.3 is 6.09 Å². The molecule has 346 valence electrons. The molecule has 2 aromatic carbocycles. The molecule has 4 heterocycles. The van der Waals surface area contributed by atoms with E-state index >= 15 is 0 Å². The summed E-state index contributed by atoms with van der Waals surface area (Å²) in [6.07, 6.45) is 3.11. The van der Waals surface area contributed by atoms with E-state index in [-0.39, 0.29) is 43.4 Å². The standard InChI is InChI=1S/C47H58N8O9S/c1-26(2)40(54-46(61)64-47(5,6)7)44(60)55-24-29(63-38-23-35(36-25-65-45(53-36)48-27(3)4)49-34-21-28(62-8)19-20-30(34)38)22-37(55)42(58)52-33-17-11-9-10-12-18-39(56)50-31-15-13-14-16-32(31)51-43(59)41(33)57/h9,11,13-16,19-21,23,25-27,29,33,37,40H,10,12,17-18,22,24H2,1-8H3,(H,48,53)(H,50,56)(H,51,59)(H,52,58)(H,54,61)/b11-9+/t29-,33?,37-,40+/m0/s1. The van der Waals surface area contributed by atoms with Crippen LogP contribution in [0.5, 0.6) is 11.5 Å². The number of carbonyl (C=O) groups is 6. The number of likely N-dealkylation sites (tertiary alicyclic amines) is 1. The molecule has 4 atom stereocenters. The van der Waals surface area contributed by atoms with Crippen molar-refractivity contribution in [3.63, 3.8) is 0 Å². The van der Waals surface area contributed by atoms with Gasteiger partial charge in [-0.05, 0) is 84.1 Å². The predicted molar refractivity (Wildman–Crippen MR) is 249 cm³/mol. The molecule has 6 rings (SSSR count). The number of alkyl carbamates (subject to hydrolysis) is 1. The van der Waals surface area contributed by atoms with Crippen molar-refractivity contribution in [3.8, 4) is 22.9 Å². The van der Waals surface area contributed by atoms with Crippen molar-refractivity contribution in [3.05, 3.63) is 66.1 Å². The van der Waals surface area contributed by atoms with Gasteiger partial charge in [-0.2, -0.15) is 0 Å². The van der Waals surface area contributed by atoms with Gasteiger partial charge in [0.25, 0.3) is 5.91 Å². The van der Waals surface area contributed by atoms with Crippen molar-refractivity contribution in [1.82, 2.24) is 25.5 Å². The van der Waals surface area contributed by atoms with Crippen molar-refractivity contribution in [1.29, 1.82) is 0 Å². The largest absolute Gasteiger partial charge is 0.497 e. The van der Waals surface area contributed by atoms with Crippen molar-refractivity contribution in [2.75, 3.05) is 29.6 Å². The molecule has 5 amide bonds. The molecule has 0 spiro atoms. The molecule has 1 saturated heterocycles. The first kappa shape index (κ1) is 47.9. The first-order valence-corrected chi connectivity index (χ1v) is 22.6. The summed E-state index contributed by atoms with van der Waals surface area (Å²) < 4.78 is 17.8. The van der Waals surface area contributed by atoms with E-state index in [9.17, 15) is 28.8 Å². The number of anilines is 3. The van der Waals surface area contributed by atoms with E-state index in [1.165, 1.54) is 16.2 Å². The molecule has 4 aromatic rings. The van der Waals surface area contributed by atoms with Crippen LogP contribution < -0.4 is 36.1 Å². The first-order valence-electron chi connectivity index (χ1n) is 21.8. The zero-order valence-electron chi connectivity index (χ0n) is 38.0. The monoisotopic (exact) mass is 910 g/mol. The number of nitrogens with one attached hydrogen (secondary N) is 5. The second kappa shape index (κ2) is 21.0. The van der Waals surface area contributed by atoms with Gasteiger partial charge in [0.15, 0.2) is 5.13 Å². The maximum Gasteiger partial charge on any atom is 0.408 e. The molecule has 0 saturated carbocycles. The maximum absolute atomic E-state index is 14.7. The van der Waals surface area contributed by atoms with Crippen LogP contribution in [0.15, 0.2) is 66.1 Å². The number of rotatable bonds is 11. The van der Waals surface area contributed by atoms with E-state index in [2.05, 4.69) is 26.6 Å². The van der Waals surface area contributed by atoms with E-state index in [0.29, 0.717) is 52.3 Å². The fourth-order valence-electron chi connectivity index (χ4n) is 7.40. The highest BCUT2D eigenvalue weighted by Gasteiger charge is 2.45. The van der Waals surface area contributed by atoms with E-state index < -0.39 is 65.3 Å². The minimum absolute atomic E-state index is 0.0146. The van der Waals surface area contributed by atoms with Gasteiger partial charge in [-0.15, -0.1) is 11.3 Å². The highest BCUT2D eigenvalue weighted by molar-refractivity contribution is 7.14. The van der Waals surface area contributed by atoms with Crippen LogP contribution in [-0.2, 0) is 28.7 Å². The van der Waals surface area contributed by atoms with E-state index in [1.807, 2.05) is 25.3 Å². The normalized spacial score (nSPS) is 19.4. The van der Waals surface area contributed by atoms with Gasteiger partial charge in [0.05, 0.1) is 36.2 Å². The van der Waals surface area contributed by atoms with Crippen LogP contribution >= 0.6 is 11.3 Å². The topological polar surface area (TPSA) is 219 Å². The van der Waals surface area contributed by atoms with E-state index in [1.54, 1.807) is 96.3 Å². The fraction of sp³-hybridized carbons (Fsp3) is 0.447. The first-order chi connectivity index (χ1) is 30.9. The van der Waals surface area contributed by atoms with Crippen LogP contribution in [0.3, 0.4) is 0 Å². The van der Waals surface area contributed by atoms with Crippen LogP contribution in [0, 0.1) is 5.92 Å². The smallest absolute Gasteiger partial charge is 0.408 e. The van der Waals surface area contributed by atoms with E-state index in [4.69, 9.17) is 24.2 Å². The number of hydrogen-bond donors (Lipinski definition) is 5. The lowest BCUT2D eigenvalue weighted by atomic mass is 10.0. The van der Waals surface area contributed by atoms with Crippen molar-refractivity contribution < 1.29 is 43.0 Å². The Morgan fingerprint density at radius 2 is 1.68 bits per heavy atom. The number of hydrogen-bond acceptors (Lipinski definition) is 13. The third-order valence-corrected chi connectivity index (χ3v) is 11.3. The zero-order valence-corrected chi connectivity index (χ0v) is 38.8. The number of allylic oxidation sites excluding steroid dienone is 1. The molecule has 0 aliphatic carbocycles. The third-order valence-electron chi connectivity index (χ3n) is 10.5. The number of para-hydroxylation sites is 2. The molecule has 17 nitrogen and oxygen atoms in total. The Hall–Kier alpha value is -6.56. The Balaban J connectivity index is 1.33. The Bertz CT molecular complexity index is 2440. The van der Waals surface area contributed by atoms with Crippen molar-refractivity contribution in [2.45, 2.75) is 116 Å². The molecule has 1 fully saturated rings. The van der Waals surface area contributed by atoms with Gasteiger partial charge in [-0.3, -0.25) is 24.0 Å². The second-order valence-electron chi connectivity index (χ2n) is 17.6. The molecule has 0 radical (unpaired) electrons. The highest BCUT2D eigenvalue weighted by atomic mass is 32.1. The molecule has 65 heavy (non-hydrogen) atoms. The number of ketones is 1. The number of thiazole rings is 1. The summed E-state index contributed by atoms with van der Waals surface area (Å²) in [6, 6.07) is 10.2. The Morgan fingerprint density at radius 3 is 2.37 bits per heavy atom. The lowest BCUT2D eigenvalue weighted by Crippen LogP contribution is -2.57. The summed E-state index contributed by atoms with van der Waals surface area (Å²) in [5.74, 6) is -2.88. The number of ether oxygens (including phenoxy) is 3. The summed E-state index contributed by atoms with van der Waals surface area (Å²) in [4.78, 5) is 93.4. The van der Waals surface area contributed by atoms with Crippen LogP contribution in [0.4, 0.5) is 21.3 Å². The molecule has 0 bridgehead atoms. The third kappa shape index (κ3) is 12.6. The number of fused-ring (bicyclic) bond motifs is 2. The summed E-state index contributed by atoms with van der Waals surface area (Å²) >= 11 is 1.44. The highest BCUT2D eigenvalue weighted by Crippen LogP contribution is 2.36. The maximum atomic E-state index is 14.7. The molecular weight excluding hydrogens is 853 g/mol. The summed E-state index contributed by atoms with van der Waals surface area (Å²) in [5, 5.41) is 17.4. The quantitative estimate of drug-likeness (QED) is 0.0771. The number of aromatic nitrogens is 2. The molecular formula is C47H58N8O9S. The minimum atomic E-state index is -1.32. The summed E-state index contributed by atoms with van der Waals surface area (Å²) in [5.41, 5.74) is 1.40. The molecule has 2 aliphatic heterocycles. The summed E-state index contributed by atoms with van der Waals surface area (Å²) in [6.45, 7) is 12.6. The van der Waals surface area contributed by atoms with Gasteiger partial charge in [0.1, 0.15) is 47.0 Å². The number of Topliss-reactive ketones (excluding diaryl/α,β-unsaturated/α-hetero) is 1. The molecule has 1 unspecified atom stereocenters. The number of pyridine rings is 1. The van der Waals surface area contributed by atoms with Gasteiger partial charge in [0, 0.05) is 41.8 Å². The summed E-state index contributed by atoms with van der Waals surface area (Å²) in [7, 11) is 1.56. The lowest BCUT2D eigenvalue weighted by molar-refractivity contribution is -0.142. The van der Waals surface area contributed by atoms with Gasteiger partial charge in [-0.1, -0.05) is 38.1 Å². The second-order valence-corrected chi connectivity index (χ2v) is 18.5. The molecule has 5 N–H and O–H groups in total. The number of amides is 5. The number of methoxy groups -OCH3 is 1. The average Bonchev–Trinajstić information content (AvgIpc) is 3.89. The van der Waals surface area contributed by atoms with E-state index in [0.717, 1.165) is 5.13 Å². The molecule has 18 heteroatoms. The predicted octanol–water partition coefficient (Wildman–Crippen LogP) is 6.85. The SMILES string of the molecule is COc1ccc2c(O[C@H]3C[C@@H](C(=O)NC4C/C=C/CCCC(=O)Nc5ccccc5NC(=O)C4=O)N(C(=O)[C@H](NC(=O)OC(C)(C)C)C(C)C)C3)cc(-c3csc(NC(C)C)n3)nc2c1. The Labute approximate surface area is 382 Å². The molecule has 2 aliphatic rings. The average molecular weight is 911 g/mol. The van der Waals surface area contributed by atoms with Crippen LogP contribution in [0.1, 0.15) is 80.6 Å². The zero-order chi connectivity index (χ0) is 47.0. The minimum Gasteiger partial charge on any atom is -0.497 e. The van der Waals surface area contributed by atoms with Crippen molar-refractivity contribution >= 4 is 74.3 Å². The number of benzene rings is 2. The van der Waals surface area contributed by atoms with Crippen molar-refractivity contribution in [2.24, 2.45) is 5.92 Å². The Morgan fingerprint density at radius 1 is 0.938 bits per heavy atom. The van der Waals surface area contributed by atoms with Crippen LogP contribution in [0.25, 0.3) is 22.3 Å². The van der Waals surface area contributed by atoms with Gasteiger partial charge < -0.3 is 45.7 Å². The Kier molecular flexibility index (Phi) is 15.4. The van der Waals surface area contributed by atoms with Gasteiger partial charge in [0.2, 0.25) is 23.5 Å². The molecule has 2 aromatic heterocycles. The number of nitrogens with zero attached hydrogens (tertiary/aromatic N) is 3.